The van der Waals surface area contributed by atoms with E-state index in [-0.39, 0.29) is 6.29 Å². The fraction of sp³-hybridized carbons (Fsp3) is 0.889. The average molecular weight is 280 g/mol. The molecule has 1 aliphatic carbocycles. The van der Waals surface area contributed by atoms with Gasteiger partial charge in [0.1, 0.15) is 0 Å². The van der Waals surface area contributed by atoms with Gasteiger partial charge in [-0.1, -0.05) is 37.3 Å². The largest absolute Gasteiger partial charge is 0.353 e. The molecule has 0 radical (unpaired) electrons. The molecule has 1 saturated heterocycles. The zero-order valence-electron chi connectivity index (χ0n) is 13.3. The Labute approximate surface area is 124 Å². The van der Waals surface area contributed by atoms with E-state index in [9.17, 15) is 0 Å². The van der Waals surface area contributed by atoms with Crippen molar-refractivity contribution in [1.82, 2.24) is 0 Å². The summed E-state index contributed by atoms with van der Waals surface area (Å²) in [7, 11) is 0. The molecule has 116 valence electrons. The Bertz CT molecular complexity index is 290. The molecule has 0 aromatic heterocycles. The minimum absolute atomic E-state index is 0.0986. The minimum atomic E-state index is 0.0986. The second-order valence-corrected chi connectivity index (χ2v) is 6.32. The lowest BCUT2D eigenvalue weighted by Gasteiger charge is -2.22. The highest BCUT2D eigenvalue weighted by atomic mass is 16.7. The number of ether oxygens (including phenoxy) is 2. The van der Waals surface area contributed by atoms with Crippen molar-refractivity contribution in [3.05, 3.63) is 11.1 Å². The summed E-state index contributed by atoms with van der Waals surface area (Å²) in [6.45, 7) is 4.05. The van der Waals surface area contributed by atoms with Crippen LogP contribution < -0.4 is 0 Å². The smallest absolute Gasteiger partial charge is 0.157 e. The third-order valence-electron chi connectivity index (χ3n) is 4.45. The minimum Gasteiger partial charge on any atom is -0.353 e. The van der Waals surface area contributed by atoms with Gasteiger partial charge < -0.3 is 9.47 Å². The van der Waals surface area contributed by atoms with E-state index in [1.54, 1.807) is 11.1 Å². The summed E-state index contributed by atoms with van der Waals surface area (Å²) in [5, 5.41) is 0. The predicted molar refractivity (Wildman–Crippen MR) is 83.8 cm³/mol. The first kappa shape index (κ1) is 16.0. The van der Waals surface area contributed by atoms with Crippen LogP contribution >= 0.6 is 0 Å². The summed E-state index contributed by atoms with van der Waals surface area (Å²) in [6, 6.07) is 0. The normalized spacial score (nSPS) is 22.4. The van der Waals surface area contributed by atoms with Crippen LogP contribution in [0, 0.1) is 0 Å². The van der Waals surface area contributed by atoms with Gasteiger partial charge in [0.25, 0.3) is 0 Å². The van der Waals surface area contributed by atoms with Crippen LogP contribution in [-0.2, 0) is 9.47 Å². The predicted octanol–water partition coefficient (Wildman–Crippen LogP) is 5.37. The van der Waals surface area contributed by atoms with Crippen LogP contribution in [0.1, 0.15) is 84.0 Å². The van der Waals surface area contributed by atoms with E-state index >= 15 is 0 Å². The molecule has 0 amide bonds. The van der Waals surface area contributed by atoms with Gasteiger partial charge in [0.05, 0.1) is 0 Å². The van der Waals surface area contributed by atoms with Crippen LogP contribution in [0.4, 0.5) is 0 Å². The first-order chi connectivity index (χ1) is 9.90. The first-order valence-electron chi connectivity index (χ1n) is 8.83. The Morgan fingerprint density at radius 2 is 1.80 bits per heavy atom. The van der Waals surface area contributed by atoms with Gasteiger partial charge in [0, 0.05) is 13.2 Å². The molecule has 0 N–H and O–H groups in total. The summed E-state index contributed by atoms with van der Waals surface area (Å²) in [4.78, 5) is 0. The Hall–Kier alpha value is -0.340. The summed E-state index contributed by atoms with van der Waals surface area (Å²) < 4.78 is 11.3. The maximum Gasteiger partial charge on any atom is 0.157 e. The third-order valence-corrected chi connectivity index (χ3v) is 4.45. The maximum absolute atomic E-state index is 5.75. The van der Waals surface area contributed by atoms with Gasteiger partial charge in [-0.25, -0.2) is 0 Å². The molecule has 1 unspecified atom stereocenters. The maximum atomic E-state index is 5.75. The molecule has 2 nitrogen and oxygen atoms in total. The molecular weight excluding hydrogens is 248 g/mol. The van der Waals surface area contributed by atoms with Crippen molar-refractivity contribution in [2.45, 2.75) is 90.3 Å². The summed E-state index contributed by atoms with van der Waals surface area (Å²) in [6.07, 6.45) is 15.7. The van der Waals surface area contributed by atoms with Gasteiger partial charge in [-0.05, 0) is 57.8 Å². The second kappa shape index (κ2) is 9.57. The van der Waals surface area contributed by atoms with Crippen LogP contribution in [0.25, 0.3) is 0 Å². The Morgan fingerprint density at radius 1 is 1.00 bits per heavy atom. The average Bonchev–Trinajstić information content (AvgIpc) is 3.23. The van der Waals surface area contributed by atoms with Crippen molar-refractivity contribution in [3.8, 4) is 0 Å². The Balaban J connectivity index is 1.36. The summed E-state index contributed by atoms with van der Waals surface area (Å²) in [5.41, 5.74) is 3.56. The summed E-state index contributed by atoms with van der Waals surface area (Å²) in [5.74, 6) is 0. The van der Waals surface area contributed by atoms with E-state index in [2.05, 4.69) is 6.92 Å². The van der Waals surface area contributed by atoms with Crippen LogP contribution in [0.5, 0.6) is 0 Å². The lowest BCUT2D eigenvalue weighted by molar-refractivity contribution is -0.162. The van der Waals surface area contributed by atoms with E-state index in [0.717, 1.165) is 19.6 Å². The Morgan fingerprint density at radius 3 is 2.55 bits per heavy atom. The van der Waals surface area contributed by atoms with Gasteiger partial charge in [0.15, 0.2) is 6.29 Å². The van der Waals surface area contributed by atoms with Crippen molar-refractivity contribution in [2.24, 2.45) is 0 Å². The fourth-order valence-corrected chi connectivity index (χ4v) is 2.99. The molecule has 0 spiro atoms. The lowest BCUT2D eigenvalue weighted by Crippen LogP contribution is -2.22. The van der Waals surface area contributed by atoms with Crippen molar-refractivity contribution in [2.75, 3.05) is 13.2 Å². The van der Waals surface area contributed by atoms with Crippen molar-refractivity contribution >= 4 is 0 Å². The SMILES string of the molecule is CCCCC1=C(CCCCCCOC2CCCCO2)C1. The van der Waals surface area contributed by atoms with E-state index in [4.69, 9.17) is 9.47 Å². The summed E-state index contributed by atoms with van der Waals surface area (Å²) >= 11 is 0. The van der Waals surface area contributed by atoms with Crippen molar-refractivity contribution in [3.63, 3.8) is 0 Å². The van der Waals surface area contributed by atoms with Gasteiger partial charge in [0.2, 0.25) is 0 Å². The first-order valence-corrected chi connectivity index (χ1v) is 8.83. The molecule has 2 rings (SSSR count). The Kier molecular flexibility index (Phi) is 7.67. The molecule has 0 saturated carbocycles. The van der Waals surface area contributed by atoms with Crippen LogP contribution in [-0.4, -0.2) is 19.5 Å². The topological polar surface area (TPSA) is 18.5 Å². The van der Waals surface area contributed by atoms with E-state index < -0.39 is 0 Å². The number of unbranched alkanes of at least 4 members (excludes halogenated alkanes) is 4. The van der Waals surface area contributed by atoms with Crippen LogP contribution in [0.15, 0.2) is 11.1 Å². The highest BCUT2D eigenvalue weighted by Crippen LogP contribution is 2.38. The fourth-order valence-electron chi connectivity index (χ4n) is 2.99. The zero-order valence-corrected chi connectivity index (χ0v) is 13.3. The molecule has 0 bridgehead atoms. The quantitative estimate of drug-likeness (QED) is 0.374. The molecule has 1 heterocycles. The van der Waals surface area contributed by atoms with Crippen LogP contribution in [0.3, 0.4) is 0 Å². The molecule has 1 fully saturated rings. The molecular formula is C18H32O2. The molecule has 20 heavy (non-hydrogen) atoms. The number of allylic oxidation sites excluding steroid dienone is 2. The van der Waals surface area contributed by atoms with Crippen LogP contribution in [0.2, 0.25) is 0 Å². The highest BCUT2D eigenvalue weighted by molar-refractivity contribution is 5.34. The van der Waals surface area contributed by atoms with Gasteiger partial charge in [-0.15, -0.1) is 0 Å². The highest BCUT2D eigenvalue weighted by Gasteiger charge is 2.19. The van der Waals surface area contributed by atoms with E-state index in [1.165, 1.54) is 70.6 Å². The molecule has 0 aromatic rings. The van der Waals surface area contributed by atoms with E-state index in [1.807, 2.05) is 0 Å². The zero-order chi connectivity index (χ0) is 14.0. The van der Waals surface area contributed by atoms with Crippen molar-refractivity contribution in [1.29, 1.82) is 0 Å². The molecule has 1 aliphatic heterocycles. The molecule has 2 heteroatoms. The monoisotopic (exact) mass is 280 g/mol. The number of hydrogen-bond acceptors (Lipinski definition) is 2. The third kappa shape index (κ3) is 6.41. The molecule has 0 aromatic carbocycles. The lowest BCUT2D eigenvalue weighted by atomic mass is 10.1. The number of hydrogen-bond donors (Lipinski definition) is 0. The van der Waals surface area contributed by atoms with Gasteiger partial charge in [-0.3, -0.25) is 0 Å². The number of rotatable bonds is 11. The van der Waals surface area contributed by atoms with E-state index in [0.29, 0.717) is 0 Å². The molecule has 1 atom stereocenters. The van der Waals surface area contributed by atoms with Gasteiger partial charge >= 0.3 is 0 Å². The second-order valence-electron chi connectivity index (χ2n) is 6.32. The van der Waals surface area contributed by atoms with Gasteiger partial charge in [-0.2, -0.15) is 0 Å². The van der Waals surface area contributed by atoms with Crippen molar-refractivity contribution < 1.29 is 9.47 Å². The molecule has 2 aliphatic rings. The standard InChI is InChI=1S/C18H32O2/c1-2-3-10-16-15-17(16)11-6-4-5-8-13-19-18-12-7-9-14-20-18/h18H,2-15H2,1H3.